The molecule has 1 aliphatic rings. The van der Waals surface area contributed by atoms with E-state index in [1.165, 1.54) is 6.07 Å². The van der Waals surface area contributed by atoms with Gasteiger partial charge in [0.1, 0.15) is 11.6 Å². The van der Waals surface area contributed by atoms with E-state index < -0.39 is 11.6 Å². The van der Waals surface area contributed by atoms with Crippen LogP contribution in [0.15, 0.2) is 42.5 Å². The second kappa shape index (κ2) is 8.73. The molecule has 1 heterocycles. The Balaban J connectivity index is 1.56. The standard InChI is InChI=1S/C19H19ClF2N2OS/c20-14-3-1-13(2-4-14)12-23-19(25)24-8-7-18(26-10-9-24)16-11-15(21)5-6-17(16)22/h1-6,11,18H,7-10,12H2,(H,23,25). The monoisotopic (exact) mass is 396 g/mol. The number of hydrogen-bond acceptors (Lipinski definition) is 2. The molecule has 1 saturated heterocycles. The fraction of sp³-hybridized carbons (Fsp3) is 0.316. The molecule has 3 rings (SSSR count). The molecule has 1 aliphatic heterocycles. The highest BCUT2D eigenvalue weighted by molar-refractivity contribution is 7.99. The topological polar surface area (TPSA) is 32.3 Å². The van der Waals surface area contributed by atoms with Gasteiger partial charge in [-0.25, -0.2) is 13.6 Å². The molecule has 0 radical (unpaired) electrons. The molecule has 1 N–H and O–H groups in total. The van der Waals surface area contributed by atoms with Gasteiger partial charge in [-0.1, -0.05) is 23.7 Å². The number of thioether (sulfide) groups is 1. The summed E-state index contributed by atoms with van der Waals surface area (Å²) >= 11 is 7.41. The van der Waals surface area contributed by atoms with E-state index >= 15 is 0 Å². The molecule has 2 amide bonds. The average Bonchev–Trinajstić information content (AvgIpc) is 2.89. The summed E-state index contributed by atoms with van der Waals surface area (Å²) in [6, 6.07) is 10.7. The number of nitrogens with one attached hydrogen (secondary N) is 1. The molecule has 0 saturated carbocycles. The summed E-state index contributed by atoms with van der Waals surface area (Å²) in [6.07, 6.45) is 0.583. The van der Waals surface area contributed by atoms with Crippen LogP contribution in [-0.2, 0) is 6.54 Å². The van der Waals surface area contributed by atoms with Crippen LogP contribution in [-0.4, -0.2) is 29.8 Å². The lowest BCUT2D eigenvalue weighted by Gasteiger charge is -2.21. The van der Waals surface area contributed by atoms with E-state index in [-0.39, 0.29) is 11.3 Å². The van der Waals surface area contributed by atoms with Crippen LogP contribution in [0.5, 0.6) is 0 Å². The van der Waals surface area contributed by atoms with Crippen molar-refractivity contribution in [2.75, 3.05) is 18.8 Å². The Kier molecular flexibility index (Phi) is 6.38. The van der Waals surface area contributed by atoms with Gasteiger partial charge in [-0.3, -0.25) is 0 Å². The highest BCUT2D eigenvalue weighted by Crippen LogP contribution is 2.36. The van der Waals surface area contributed by atoms with Gasteiger partial charge in [0.05, 0.1) is 0 Å². The number of carbonyl (C=O) groups is 1. The molecule has 26 heavy (non-hydrogen) atoms. The summed E-state index contributed by atoms with van der Waals surface area (Å²) in [6.45, 7) is 1.49. The van der Waals surface area contributed by atoms with Crippen LogP contribution in [0, 0.1) is 11.6 Å². The van der Waals surface area contributed by atoms with Gasteiger partial charge in [0.2, 0.25) is 0 Å². The van der Waals surface area contributed by atoms with E-state index in [1.807, 2.05) is 12.1 Å². The zero-order valence-corrected chi connectivity index (χ0v) is 15.6. The van der Waals surface area contributed by atoms with Crippen molar-refractivity contribution in [2.24, 2.45) is 0 Å². The maximum atomic E-state index is 14.0. The zero-order valence-electron chi connectivity index (χ0n) is 14.1. The van der Waals surface area contributed by atoms with Crippen molar-refractivity contribution < 1.29 is 13.6 Å². The van der Waals surface area contributed by atoms with E-state index in [2.05, 4.69) is 5.32 Å². The molecule has 1 unspecified atom stereocenters. The van der Waals surface area contributed by atoms with Crippen molar-refractivity contribution in [1.29, 1.82) is 0 Å². The third kappa shape index (κ3) is 4.89. The third-order valence-corrected chi connectivity index (χ3v) is 5.85. The SMILES string of the molecule is O=C(NCc1ccc(Cl)cc1)N1CCSC(c2cc(F)ccc2F)CC1. The van der Waals surface area contributed by atoms with Crippen molar-refractivity contribution in [3.63, 3.8) is 0 Å². The van der Waals surface area contributed by atoms with Gasteiger partial charge in [0, 0.05) is 41.2 Å². The number of halogens is 3. The highest BCUT2D eigenvalue weighted by atomic mass is 35.5. The maximum absolute atomic E-state index is 14.0. The van der Waals surface area contributed by atoms with Gasteiger partial charge in [0.15, 0.2) is 0 Å². The first kappa shape index (κ1) is 19.0. The van der Waals surface area contributed by atoms with E-state index in [1.54, 1.807) is 28.8 Å². The molecule has 1 fully saturated rings. The van der Waals surface area contributed by atoms with Gasteiger partial charge in [0.25, 0.3) is 0 Å². The summed E-state index contributed by atoms with van der Waals surface area (Å²) in [7, 11) is 0. The number of benzene rings is 2. The van der Waals surface area contributed by atoms with Crippen LogP contribution in [0.2, 0.25) is 5.02 Å². The molecule has 7 heteroatoms. The molecule has 2 aromatic carbocycles. The summed E-state index contributed by atoms with van der Waals surface area (Å²) in [4.78, 5) is 14.1. The zero-order chi connectivity index (χ0) is 18.5. The van der Waals surface area contributed by atoms with Crippen molar-refractivity contribution in [1.82, 2.24) is 10.2 Å². The smallest absolute Gasteiger partial charge is 0.317 e. The van der Waals surface area contributed by atoms with Crippen LogP contribution in [0.3, 0.4) is 0 Å². The van der Waals surface area contributed by atoms with Gasteiger partial charge in [-0.2, -0.15) is 11.8 Å². The Bertz CT molecular complexity index is 773. The van der Waals surface area contributed by atoms with E-state index in [0.717, 1.165) is 17.7 Å². The fourth-order valence-electron chi connectivity index (χ4n) is 2.87. The lowest BCUT2D eigenvalue weighted by Crippen LogP contribution is -2.40. The van der Waals surface area contributed by atoms with Crippen LogP contribution in [0.25, 0.3) is 0 Å². The summed E-state index contributed by atoms with van der Waals surface area (Å²) in [5.74, 6) is -0.164. The number of hydrogen-bond donors (Lipinski definition) is 1. The lowest BCUT2D eigenvalue weighted by molar-refractivity contribution is 0.200. The van der Waals surface area contributed by atoms with Gasteiger partial charge >= 0.3 is 6.03 Å². The minimum Gasteiger partial charge on any atom is -0.334 e. The second-order valence-electron chi connectivity index (χ2n) is 6.09. The van der Waals surface area contributed by atoms with Gasteiger partial charge in [-0.15, -0.1) is 0 Å². The molecular formula is C19H19ClF2N2OS. The Labute approximate surface area is 160 Å². The fourth-order valence-corrected chi connectivity index (χ4v) is 4.24. The maximum Gasteiger partial charge on any atom is 0.317 e. The molecule has 2 aromatic rings. The largest absolute Gasteiger partial charge is 0.334 e. The Morgan fingerprint density at radius 1 is 1.19 bits per heavy atom. The number of urea groups is 1. The molecule has 0 spiro atoms. The minimum absolute atomic E-state index is 0.152. The summed E-state index contributed by atoms with van der Waals surface area (Å²) in [5.41, 5.74) is 1.34. The number of carbonyl (C=O) groups excluding carboxylic acids is 1. The van der Waals surface area contributed by atoms with Crippen LogP contribution in [0.1, 0.15) is 22.8 Å². The highest BCUT2D eigenvalue weighted by Gasteiger charge is 2.24. The van der Waals surface area contributed by atoms with E-state index in [4.69, 9.17) is 11.6 Å². The summed E-state index contributed by atoms with van der Waals surface area (Å²) in [5, 5.41) is 3.39. The molecule has 138 valence electrons. The van der Waals surface area contributed by atoms with Crippen molar-refractivity contribution in [3.8, 4) is 0 Å². The first-order valence-corrected chi connectivity index (χ1v) is 9.79. The molecule has 3 nitrogen and oxygen atoms in total. The van der Waals surface area contributed by atoms with Crippen LogP contribution >= 0.6 is 23.4 Å². The average molecular weight is 397 g/mol. The van der Waals surface area contributed by atoms with E-state index in [9.17, 15) is 13.6 Å². The molecule has 1 atom stereocenters. The molecule has 0 bridgehead atoms. The van der Waals surface area contributed by atoms with Crippen molar-refractivity contribution in [3.05, 3.63) is 70.2 Å². The normalized spacial score (nSPS) is 17.7. The Morgan fingerprint density at radius 2 is 1.96 bits per heavy atom. The predicted octanol–water partition coefficient (Wildman–Crippen LogP) is 5.01. The predicted molar refractivity (Wildman–Crippen MR) is 101 cm³/mol. The van der Waals surface area contributed by atoms with Crippen LogP contribution < -0.4 is 5.32 Å². The number of amides is 2. The van der Waals surface area contributed by atoms with Gasteiger partial charge in [-0.05, 0) is 42.3 Å². The quantitative estimate of drug-likeness (QED) is 0.791. The number of rotatable bonds is 3. The molecular weight excluding hydrogens is 378 g/mol. The minimum atomic E-state index is -0.441. The molecule has 0 aromatic heterocycles. The first-order valence-electron chi connectivity index (χ1n) is 8.36. The van der Waals surface area contributed by atoms with Crippen LogP contribution in [0.4, 0.5) is 13.6 Å². The first-order chi connectivity index (χ1) is 12.5. The Morgan fingerprint density at radius 3 is 2.73 bits per heavy atom. The van der Waals surface area contributed by atoms with Crippen molar-refractivity contribution >= 4 is 29.4 Å². The third-order valence-electron chi connectivity index (χ3n) is 4.29. The second-order valence-corrected chi connectivity index (χ2v) is 7.83. The molecule has 0 aliphatic carbocycles. The lowest BCUT2D eigenvalue weighted by atomic mass is 10.1. The number of nitrogens with zero attached hydrogens (tertiary/aromatic N) is 1. The summed E-state index contributed by atoms with van der Waals surface area (Å²) < 4.78 is 27.4. The van der Waals surface area contributed by atoms with Gasteiger partial charge < -0.3 is 10.2 Å². The van der Waals surface area contributed by atoms with E-state index in [0.29, 0.717) is 42.4 Å². The Hall–Kier alpha value is -1.79. The van der Waals surface area contributed by atoms with Crippen molar-refractivity contribution in [2.45, 2.75) is 18.2 Å².